The summed E-state index contributed by atoms with van der Waals surface area (Å²) in [5.41, 5.74) is 3.81. The first kappa shape index (κ1) is 18.4. The van der Waals surface area contributed by atoms with E-state index in [9.17, 15) is 4.79 Å². The molecule has 1 aliphatic rings. The van der Waals surface area contributed by atoms with E-state index in [1.165, 1.54) is 50.1 Å². The quantitative estimate of drug-likeness (QED) is 0.539. The number of aryl methyl sites for hydroxylation is 1. The minimum atomic E-state index is -0.325. The van der Waals surface area contributed by atoms with Crippen LogP contribution in [0.1, 0.15) is 42.0 Å². The second-order valence-electron chi connectivity index (χ2n) is 6.81. The van der Waals surface area contributed by atoms with E-state index in [2.05, 4.69) is 64.2 Å². The highest BCUT2D eigenvalue weighted by Gasteiger charge is 2.25. The fourth-order valence-corrected chi connectivity index (χ4v) is 3.66. The first-order chi connectivity index (χ1) is 12.8. The van der Waals surface area contributed by atoms with E-state index < -0.39 is 0 Å². The van der Waals surface area contributed by atoms with Crippen molar-refractivity contribution in [3.8, 4) is 0 Å². The van der Waals surface area contributed by atoms with Crippen molar-refractivity contribution in [3.05, 3.63) is 77.4 Å². The van der Waals surface area contributed by atoms with Crippen LogP contribution in [0.2, 0.25) is 0 Å². The predicted octanol–water partition coefficient (Wildman–Crippen LogP) is 4.64. The molecule has 26 heavy (non-hydrogen) atoms. The summed E-state index contributed by atoms with van der Waals surface area (Å²) in [7, 11) is 1.39. The average Bonchev–Trinajstić information content (AvgIpc) is 3.16. The second-order valence-corrected chi connectivity index (χ2v) is 6.81. The number of esters is 1. The summed E-state index contributed by atoms with van der Waals surface area (Å²) in [6.07, 6.45) is 8.08. The van der Waals surface area contributed by atoms with E-state index in [-0.39, 0.29) is 5.97 Å². The molecule has 3 rings (SSSR count). The van der Waals surface area contributed by atoms with Crippen molar-refractivity contribution in [2.45, 2.75) is 31.7 Å². The predicted molar refractivity (Wildman–Crippen MR) is 106 cm³/mol. The highest BCUT2D eigenvalue weighted by Crippen LogP contribution is 2.32. The van der Waals surface area contributed by atoms with Crippen molar-refractivity contribution in [2.24, 2.45) is 0 Å². The number of hydrogen-bond donors (Lipinski definition) is 0. The number of benzene rings is 2. The van der Waals surface area contributed by atoms with Crippen molar-refractivity contribution in [1.29, 1.82) is 0 Å². The van der Waals surface area contributed by atoms with E-state index in [4.69, 9.17) is 0 Å². The molecule has 2 aromatic carbocycles. The lowest BCUT2D eigenvalue weighted by Gasteiger charge is -2.25. The van der Waals surface area contributed by atoms with Crippen LogP contribution in [-0.4, -0.2) is 31.1 Å². The van der Waals surface area contributed by atoms with Crippen LogP contribution in [0.4, 0.5) is 0 Å². The molecule has 3 heteroatoms. The van der Waals surface area contributed by atoms with Gasteiger partial charge in [-0.25, -0.2) is 4.79 Å². The van der Waals surface area contributed by atoms with E-state index in [1.54, 1.807) is 6.08 Å². The van der Waals surface area contributed by atoms with Gasteiger partial charge in [-0.1, -0.05) is 54.6 Å². The molecule has 0 aliphatic carbocycles. The Bertz CT molecular complexity index is 722. The smallest absolute Gasteiger partial charge is 0.330 e. The molecule has 0 saturated carbocycles. The highest BCUT2D eigenvalue weighted by atomic mass is 16.5. The Morgan fingerprint density at radius 2 is 1.92 bits per heavy atom. The number of carbonyl (C=O) groups is 1. The zero-order chi connectivity index (χ0) is 18.2. The molecule has 1 aliphatic heterocycles. The lowest BCUT2D eigenvalue weighted by molar-refractivity contribution is -0.134. The Balaban J connectivity index is 1.55. The molecule has 1 heterocycles. The van der Waals surface area contributed by atoms with Crippen LogP contribution in [0, 0.1) is 0 Å². The monoisotopic (exact) mass is 349 g/mol. The molecular weight excluding hydrogens is 322 g/mol. The Hall–Kier alpha value is -2.39. The third kappa shape index (κ3) is 5.06. The van der Waals surface area contributed by atoms with Crippen molar-refractivity contribution < 1.29 is 9.53 Å². The Morgan fingerprint density at radius 3 is 2.65 bits per heavy atom. The summed E-state index contributed by atoms with van der Waals surface area (Å²) in [6, 6.07) is 19.8. The van der Waals surface area contributed by atoms with Crippen LogP contribution in [0.25, 0.3) is 6.08 Å². The normalized spacial score (nSPS) is 17.7. The van der Waals surface area contributed by atoms with Crippen LogP contribution < -0.4 is 0 Å². The van der Waals surface area contributed by atoms with Gasteiger partial charge >= 0.3 is 5.97 Å². The van der Waals surface area contributed by atoms with Gasteiger partial charge in [-0.15, -0.1) is 0 Å². The summed E-state index contributed by atoms with van der Waals surface area (Å²) in [4.78, 5) is 13.8. The van der Waals surface area contributed by atoms with Gasteiger partial charge in [0.05, 0.1) is 7.11 Å². The van der Waals surface area contributed by atoms with E-state index in [0.29, 0.717) is 6.04 Å². The Labute approximate surface area is 156 Å². The number of nitrogens with zero attached hydrogens (tertiary/aromatic N) is 1. The molecule has 1 atom stereocenters. The van der Waals surface area contributed by atoms with Crippen molar-refractivity contribution in [3.63, 3.8) is 0 Å². The molecule has 0 N–H and O–H groups in total. The number of methoxy groups -OCH3 is 1. The summed E-state index contributed by atoms with van der Waals surface area (Å²) >= 11 is 0. The molecule has 136 valence electrons. The van der Waals surface area contributed by atoms with Crippen molar-refractivity contribution >= 4 is 12.0 Å². The number of rotatable bonds is 7. The highest BCUT2D eigenvalue weighted by molar-refractivity contribution is 5.86. The van der Waals surface area contributed by atoms with Crippen LogP contribution in [0.5, 0.6) is 0 Å². The Kier molecular flexibility index (Phi) is 6.62. The van der Waals surface area contributed by atoms with E-state index in [0.717, 1.165) is 18.5 Å². The van der Waals surface area contributed by atoms with Gasteiger partial charge in [0.1, 0.15) is 0 Å². The van der Waals surface area contributed by atoms with E-state index in [1.807, 2.05) is 0 Å². The topological polar surface area (TPSA) is 29.5 Å². The number of carbonyl (C=O) groups excluding carboxylic acids is 1. The minimum Gasteiger partial charge on any atom is -0.466 e. The third-order valence-electron chi connectivity index (χ3n) is 5.05. The fourth-order valence-electron chi connectivity index (χ4n) is 3.66. The molecule has 0 bridgehead atoms. The summed E-state index contributed by atoms with van der Waals surface area (Å²) in [5, 5.41) is 0. The molecule has 0 spiro atoms. The van der Waals surface area contributed by atoms with Gasteiger partial charge in [0.15, 0.2) is 0 Å². The molecular formula is C23H27NO2. The van der Waals surface area contributed by atoms with Gasteiger partial charge in [-0.05, 0) is 61.5 Å². The second kappa shape index (κ2) is 9.35. The zero-order valence-corrected chi connectivity index (χ0v) is 15.4. The van der Waals surface area contributed by atoms with Gasteiger partial charge in [-0.3, -0.25) is 4.90 Å². The molecule has 1 saturated heterocycles. The third-order valence-corrected chi connectivity index (χ3v) is 5.05. The SMILES string of the molecule is COC(=O)C=Cc1ccc([C@@H]2CCCN2CCCc2ccccc2)cc1. The van der Waals surface area contributed by atoms with Crippen LogP contribution in [-0.2, 0) is 16.0 Å². The number of hydrogen-bond acceptors (Lipinski definition) is 3. The standard InChI is InChI=1S/C23H27NO2/c1-26-23(25)16-13-20-11-14-21(15-12-20)22-10-6-18-24(22)17-5-9-19-7-3-2-4-8-19/h2-4,7-8,11-16,22H,5-6,9-10,17-18H2,1H3/t22-/m0/s1. The lowest BCUT2D eigenvalue weighted by atomic mass is 10.0. The first-order valence-corrected chi connectivity index (χ1v) is 9.40. The average molecular weight is 349 g/mol. The molecule has 1 fully saturated rings. The maximum absolute atomic E-state index is 11.2. The summed E-state index contributed by atoms with van der Waals surface area (Å²) in [6.45, 7) is 2.33. The molecule has 0 aromatic heterocycles. The number of likely N-dealkylation sites (tertiary alicyclic amines) is 1. The maximum atomic E-state index is 11.2. The van der Waals surface area contributed by atoms with Gasteiger partial charge in [0.2, 0.25) is 0 Å². The van der Waals surface area contributed by atoms with E-state index >= 15 is 0 Å². The van der Waals surface area contributed by atoms with Crippen LogP contribution in [0.15, 0.2) is 60.7 Å². The van der Waals surface area contributed by atoms with Gasteiger partial charge in [0, 0.05) is 12.1 Å². The van der Waals surface area contributed by atoms with Gasteiger partial charge in [-0.2, -0.15) is 0 Å². The first-order valence-electron chi connectivity index (χ1n) is 9.40. The maximum Gasteiger partial charge on any atom is 0.330 e. The lowest BCUT2D eigenvalue weighted by Crippen LogP contribution is -2.24. The summed E-state index contributed by atoms with van der Waals surface area (Å²) < 4.78 is 4.63. The molecule has 0 amide bonds. The Morgan fingerprint density at radius 1 is 1.15 bits per heavy atom. The number of ether oxygens (including phenoxy) is 1. The van der Waals surface area contributed by atoms with Gasteiger partial charge in [0.25, 0.3) is 0 Å². The molecule has 0 unspecified atom stereocenters. The minimum absolute atomic E-state index is 0.325. The summed E-state index contributed by atoms with van der Waals surface area (Å²) in [5.74, 6) is -0.325. The molecule has 0 radical (unpaired) electrons. The fraction of sp³-hybridized carbons (Fsp3) is 0.348. The van der Waals surface area contributed by atoms with Crippen molar-refractivity contribution in [1.82, 2.24) is 4.90 Å². The van der Waals surface area contributed by atoms with Crippen LogP contribution in [0.3, 0.4) is 0 Å². The molecule has 2 aromatic rings. The van der Waals surface area contributed by atoms with Crippen LogP contribution >= 0.6 is 0 Å². The van der Waals surface area contributed by atoms with Gasteiger partial charge < -0.3 is 4.74 Å². The van der Waals surface area contributed by atoms with Crippen molar-refractivity contribution in [2.75, 3.05) is 20.2 Å². The molecule has 3 nitrogen and oxygen atoms in total. The largest absolute Gasteiger partial charge is 0.466 e. The zero-order valence-electron chi connectivity index (χ0n) is 15.4.